The van der Waals surface area contributed by atoms with E-state index in [1.165, 1.54) is 0 Å². The van der Waals surface area contributed by atoms with Crippen LogP contribution in [0.25, 0.3) is 0 Å². The van der Waals surface area contributed by atoms with Crippen LogP contribution in [0.4, 0.5) is 0 Å². The second-order valence-corrected chi connectivity index (χ2v) is 8.08. The van der Waals surface area contributed by atoms with Crippen molar-refractivity contribution in [3.63, 3.8) is 0 Å². The Labute approximate surface area is 136 Å². The van der Waals surface area contributed by atoms with Gasteiger partial charge in [0, 0.05) is 0 Å². The van der Waals surface area contributed by atoms with Gasteiger partial charge in [0.1, 0.15) is 5.60 Å². The van der Waals surface area contributed by atoms with E-state index >= 15 is 0 Å². The zero-order valence-corrected chi connectivity index (χ0v) is 15.4. The topological polar surface area (TPSA) is 101 Å². The van der Waals surface area contributed by atoms with Crippen LogP contribution in [0.3, 0.4) is 0 Å². The first-order valence-electron chi connectivity index (χ1n) is 7.52. The van der Waals surface area contributed by atoms with Crippen LogP contribution in [0.5, 0.6) is 0 Å². The molecule has 1 aromatic rings. The fourth-order valence-corrected chi connectivity index (χ4v) is 3.70. The second-order valence-electron chi connectivity index (χ2n) is 5.86. The normalized spacial score (nSPS) is 13.8. The Morgan fingerprint density at radius 3 is 2.22 bits per heavy atom. The molecule has 0 aliphatic carbocycles. The van der Waals surface area contributed by atoms with Crippen molar-refractivity contribution >= 4 is 13.6 Å². The van der Waals surface area contributed by atoms with Gasteiger partial charge in [0.25, 0.3) is 0 Å². The van der Waals surface area contributed by atoms with Gasteiger partial charge in [0.05, 0.1) is 19.6 Å². The van der Waals surface area contributed by atoms with Crippen molar-refractivity contribution in [3.05, 3.63) is 11.7 Å². The highest BCUT2D eigenvalue weighted by molar-refractivity contribution is 7.55. The van der Waals surface area contributed by atoms with Crippen LogP contribution in [0.2, 0.25) is 0 Å². The third-order valence-corrected chi connectivity index (χ3v) is 5.01. The molecule has 0 radical (unpaired) electrons. The molecule has 0 saturated carbocycles. The third kappa shape index (κ3) is 6.05. The van der Waals surface area contributed by atoms with E-state index in [1.807, 2.05) is 0 Å². The van der Waals surface area contributed by atoms with Crippen LogP contribution < -0.4 is 0 Å². The van der Waals surface area contributed by atoms with Crippen molar-refractivity contribution in [1.82, 2.24) is 10.1 Å². The fraction of sp³-hybridized carbons (Fsp3) is 0.786. The van der Waals surface area contributed by atoms with Gasteiger partial charge < -0.3 is 18.3 Å². The fourth-order valence-electron chi connectivity index (χ4n) is 1.86. The summed E-state index contributed by atoms with van der Waals surface area (Å²) < 4.78 is 34.0. The number of carbonyl (C=O) groups excluding carboxylic acids is 1. The molecular weight excluding hydrogens is 323 g/mol. The molecule has 0 fully saturated rings. The SMILES string of the molecule is CCOP(=O)(OCC)C(Cc1nc(C)no1)C(=O)OC(C)(C)C. The molecule has 0 aliphatic rings. The number of carbonyl (C=O) groups is 1. The van der Waals surface area contributed by atoms with Crippen LogP contribution in [-0.4, -0.2) is 40.6 Å². The predicted octanol–water partition coefficient (Wildman–Crippen LogP) is 2.90. The molecule has 1 unspecified atom stereocenters. The van der Waals surface area contributed by atoms with E-state index in [4.69, 9.17) is 18.3 Å². The molecule has 0 aliphatic heterocycles. The van der Waals surface area contributed by atoms with Gasteiger partial charge in [-0.2, -0.15) is 4.98 Å². The average molecular weight is 348 g/mol. The quantitative estimate of drug-likeness (QED) is 0.522. The summed E-state index contributed by atoms with van der Waals surface area (Å²) in [6.45, 7) is 10.5. The first kappa shape index (κ1) is 19.8. The lowest BCUT2D eigenvalue weighted by molar-refractivity contribution is -0.154. The summed E-state index contributed by atoms with van der Waals surface area (Å²) >= 11 is 0. The molecule has 0 bridgehead atoms. The van der Waals surface area contributed by atoms with Crippen LogP contribution >= 0.6 is 7.60 Å². The Kier molecular flexibility index (Phi) is 6.92. The van der Waals surface area contributed by atoms with Crippen molar-refractivity contribution in [2.75, 3.05) is 13.2 Å². The first-order chi connectivity index (χ1) is 10.6. The van der Waals surface area contributed by atoms with Gasteiger partial charge in [-0.1, -0.05) is 5.16 Å². The molecule has 0 aromatic carbocycles. The molecule has 1 rings (SSSR count). The van der Waals surface area contributed by atoms with Gasteiger partial charge in [-0.15, -0.1) is 0 Å². The van der Waals surface area contributed by atoms with Gasteiger partial charge in [-0.05, 0) is 41.5 Å². The second kappa shape index (κ2) is 8.04. The van der Waals surface area contributed by atoms with Crippen molar-refractivity contribution < 1.29 is 27.7 Å². The van der Waals surface area contributed by atoms with Crippen LogP contribution in [-0.2, 0) is 29.6 Å². The van der Waals surface area contributed by atoms with Crippen molar-refractivity contribution in [1.29, 1.82) is 0 Å². The Balaban J connectivity index is 3.12. The van der Waals surface area contributed by atoms with E-state index in [0.29, 0.717) is 5.82 Å². The summed E-state index contributed by atoms with van der Waals surface area (Å²) in [5.74, 6) is -0.0813. The molecule has 132 valence electrons. The number of esters is 1. The van der Waals surface area contributed by atoms with Gasteiger partial charge >= 0.3 is 13.6 Å². The smallest absolute Gasteiger partial charge is 0.345 e. The summed E-state index contributed by atoms with van der Waals surface area (Å²) in [7, 11) is -3.73. The van der Waals surface area contributed by atoms with Crippen LogP contribution in [0, 0.1) is 6.92 Å². The van der Waals surface area contributed by atoms with E-state index in [2.05, 4.69) is 10.1 Å². The number of hydrogen-bond donors (Lipinski definition) is 0. The van der Waals surface area contributed by atoms with Crippen molar-refractivity contribution in [2.45, 2.75) is 59.2 Å². The predicted molar refractivity (Wildman–Crippen MR) is 83.2 cm³/mol. The minimum absolute atomic E-state index is 0.0764. The zero-order valence-electron chi connectivity index (χ0n) is 14.5. The summed E-state index contributed by atoms with van der Waals surface area (Å²) in [6.07, 6.45) is -0.0764. The number of ether oxygens (including phenoxy) is 1. The maximum atomic E-state index is 13.0. The third-order valence-electron chi connectivity index (χ3n) is 2.62. The number of hydrogen-bond acceptors (Lipinski definition) is 8. The Hall–Kier alpha value is -1.24. The van der Waals surface area contributed by atoms with Crippen molar-refractivity contribution in [2.24, 2.45) is 0 Å². The minimum atomic E-state index is -3.73. The molecule has 0 saturated heterocycles. The van der Waals surface area contributed by atoms with Gasteiger partial charge in [0.15, 0.2) is 11.5 Å². The van der Waals surface area contributed by atoms with Crippen LogP contribution in [0.1, 0.15) is 46.3 Å². The Morgan fingerprint density at radius 2 is 1.83 bits per heavy atom. The Morgan fingerprint density at radius 1 is 1.26 bits per heavy atom. The lowest BCUT2D eigenvalue weighted by atomic mass is 10.2. The summed E-state index contributed by atoms with van der Waals surface area (Å²) in [4.78, 5) is 16.6. The molecule has 1 aromatic heterocycles. The van der Waals surface area contributed by atoms with E-state index in [1.54, 1.807) is 41.5 Å². The largest absolute Gasteiger partial charge is 0.459 e. The van der Waals surface area contributed by atoms with E-state index < -0.39 is 24.8 Å². The lowest BCUT2D eigenvalue weighted by Crippen LogP contribution is -2.34. The lowest BCUT2D eigenvalue weighted by Gasteiger charge is -2.27. The maximum absolute atomic E-state index is 13.0. The van der Waals surface area contributed by atoms with E-state index in [0.717, 1.165) is 0 Å². The minimum Gasteiger partial charge on any atom is -0.459 e. The maximum Gasteiger partial charge on any atom is 0.345 e. The number of nitrogens with zero attached hydrogens (tertiary/aromatic N) is 2. The standard InChI is InChI=1S/C14H25N2O6P/c1-7-19-23(18,20-8-2)11(13(17)21-14(4,5)6)9-12-15-10(3)16-22-12/h11H,7-9H2,1-6H3. The highest BCUT2D eigenvalue weighted by atomic mass is 31.2. The monoisotopic (exact) mass is 348 g/mol. The molecule has 1 heterocycles. The van der Waals surface area contributed by atoms with Gasteiger partial charge in [-0.25, -0.2) is 0 Å². The van der Waals surface area contributed by atoms with E-state index in [-0.39, 0.29) is 25.5 Å². The molecule has 0 spiro atoms. The zero-order chi connectivity index (χ0) is 17.7. The summed E-state index contributed by atoms with van der Waals surface area (Å²) in [5, 5.41) is 3.67. The van der Waals surface area contributed by atoms with Crippen molar-refractivity contribution in [3.8, 4) is 0 Å². The first-order valence-corrected chi connectivity index (χ1v) is 9.13. The van der Waals surface area contributed by atoms with Gasteiger partial charge in [-0.3, -0.25) is 9.36 Å². The molecule has 1 atom stereocenters. The molecule has 9 heteroatoms. The number of aromatic nitrogens is 2. The Bertz CT molecular complexity index is 556. The highest BCUT2D eigenvalue weighted by Gasteiger charge is 2.44. The number of aryl methyl sites for hydroxylation is 1. The summed E-state index contributed by atoms with van der Waals surface area (Å²) in [5.41, 5.74) is -1.90. The van der Waals surface area contributed by atoms with Crippen LogP contribution in [0.15, 0.2) is 4.52 Å². The summed E-state index contributed by atoms with van der Waals surface area (Å²) in [6, 6.07) is 0. The average Bonchev–Trinajstić information content (AvgIpc) is 2.80. The molecule has 8 nitrogen and oxygen atoms in total. The molecule has 0 amide bonds. The van der Waals surface area contributed by atoms with Gasteiger partial charge in [0.2, 0.25) is 5.89 Å². The number of rotatable bonds is 8. The van der Waals surface area contributed by atoms with E-state index in [9.17, 15) is 9.36 Å². The molecule has 23 heavy (non-hydrogen) atoms. The highest BCUT2D eigenvalue weighted by Crippen LogP contribution is 2.54. The molecular formula is C14H25N2O6P. The molecule has 0 N–H and O–H groups in total.